The zero-order valence-corrected chi connectivity index (χ0v) is 19.3. The van der Waals surface area contributed by atoms with Gasteiger partial charge in [0.25, 0.3) is 0 Å². The Morgan fingerprint density at radius 1 is 1.19 bits per heavy atom. The van der Waals surface area contributed by atoms with Crippen molar-refractivity contribution in [2.24, 2.45) is 0 Å². The molecule has 5 rings (SSSR count). The average molecular weight is 447 g/mol. The largest absolute Gasteiger partial charge is 0.497 e. The number of aromatic nitrogens is 3. The van der Waals surface area contributed by atoms with Crippen molar-refractivity contribution in [3.05, 3.63) is 65.3 Å². The van der Waals surface area contributed by atoms with Gasteiger partial charge >= 0.3 is 0 Å². The highest BCUT2D eigenvalue weighted by molar-refractivity contribution is 7.13. The van der Waals surface area contributed by atoms with Crippen LogP contribution in [0.25, 0.3) is 21.7 Å². The van der Waals surface area contributed by atoms with E-state index >= 15 is 0 Å². The quantitative estimate of drug-likeness (QED) is 0.438. The third-order valence-electron chi connectivity index (χ3n) is 6.38. The highest BCUT2D eigenvalue weighted by Crippen LogP contribution is 2.34. The summed E-state index contributed by atoms with van der Waals surface area (Å²) in [5.41, 5.74) is 5.89. The molecule has 0 aliphatic carbocycles. The number of ether oxygens (including phenoxy) is 1. The van der Waals surface area contributed by atoms with E-state index in [2.05, 4.69) is 24.0 Å². The molecule has 164 valence electrons. The maximum atomic E-state index is 13.5. The van der Waals surface area contributed by atoms with Gasteiger partial charge in [0, 0.05) is 18.5 Å². The summed E-state index contributed by atoms with van der Waals surface area (Å²) in [5, 5.41) is 0. The Morgan fingerprint density at radius 2 is 1.97 bits per heavy atom. The smallest absolute Gasteiger partial charge is 0.242 e. The van der Waals surface area contributed by atoms with Gasteiger partial charge in [0.2, 0.25) is 5.91 Å². The van der Waals surface area contributed by atoms with E-state index in [-0.39, 0.29) is 18.5 Å². The van der Waals surface area contributed by atoms with Crippen molar-refractivity contribution in [1.29, 1.82) is 0 Å². The summed E-state index contributed by atoms with van der Waals surface area (Å²) < 4.78 is 7.33. The van der Waals surface area contributed by atoms with Crippen molar-refractivity contribution < 1.29 is 9.53 Å². The number of para-hydroxylation sites is 2. The number of hydrogen-bond donors (Lipinski definition) is 0. The fraction of sp³-hybridized carbons (Fsp3) is 0.320. The van der Waals surface area contributed by atoms with E-state index in [1.165, 1.54) is 5.56 Å². The van der Waals surface area contributed by atoms with Crippen LogP contribution in [-0.4, -0.2) is 45.0 Å². The number of aryl methyl sites for hydroxylation is 1. The predicted octanol–water partition coefficient (Wildman–Crippen LogP) is 4.88. The maximum absolute atomic E-state index is 13.5. The molecule has 1 aliphatic rings. The van der Waals surface area contributed by atoms with Crippen LogP contribution in [0.4, 0.5) is 0 Å². The molecule has 1 fully saturated rings. The molecule has 2 unspecified atom stereocenters. The Kier molecular flexibility index (Phi) is 5.43. The Bertz CT molecular complexity index is 1260. The number of rotatable bonds is 5. The molecule has 2 aromatic carbocycles. The van der Waals surface area contributed by atoms with Crippen LogP contribution in [0.5, 0.6) is 5.75 Å². The third-order valence-corrected chi connectivity index (χ3v) is 7.30. The summed E-state index contributed by atoms with van der Waals surface area (Å²) >= 11 is 1.56. The average Bonchev–Trinajstić information content (AvgIpc) is 3.51. The summed E-state index contributed by atoms with van der Waals surface area (Å²) in [7, 11) is 1.68. The molecule has 0 spiro atoms. The predicted molar refractivity (Wildman–Crippen MR) is 127 cm³/mol. The third kappa shape index (κ3) is 3.66. The standard InChI is InChI=1S/C25H26N4O2S/c1-16-12-19(18-8-10-20(31-3)11-9-18)13-28(16)23(30)14-29-22-7-5-4-6-21(22)27-25(29)24-17(2)26-15-32-24/h4-11,15-16,19H,12-14H2,1-3H3. The molecule has 1 saturated heterocycles. The molecule has 0 N–H and O–H groups in total. The van der Waals surface area contributed by atoms with Gasteiger partial charge in [-0.2, -0.15) is 0 Å². The number of fused-ring (bicyclic) bond motifs is 1. The van der Waals surface area contributed by atoms with Gasteiger partial charge in [0.1, 0.15) is 12.3 Å². The van der Waals surface area contributed by atoms with Crippen LogP contribution in [0.15, 0.2) is 54.0 Å². The van der Waals surface area contributed by atoms with Crippen molar-refractivity contribution in [3.63, 3.8) is 0 Å². The molecule has 7 heteroatoms. The maximum Gasteiger partial charge on any atom is 0.242 e. The topological polar surface area (TPSA) is 60.2 Å². The van der Waals surface area contributed by atoms with E-state index in [1.54, 1.807) is 18.4 Å². The molecule has 3 heterocycles. The number of hydrogen-bond acceptors (Lipinski definition) is 5. The first-order valence-electron chi connectivity index (χ1n) is 10.8. The number of methoxy groups -OCH3 is 1. The van der Waals surface area contributed by atoms with E-state index < -0.39 is 0 Å². The molecule has 32 heavy (non-hydrogen) atoms. The zero-order chi connectivity index (χ0) is 22.2. The lowest BCUT2D eigenvalue weighted by Crippen LogP contribution is -2.36. The van der Waals surface area contributed by atoms with Crippen LogP contribution >= 0.6 is 11.3 Å². The number of imidazole rings is 1. The van der Waals surface area contributed by atoms with Crippen LogP contribution in [0.1, 0.15) is 30.5 Å². The summed E-state index contributed by atoms with van der Waals surface area (Å²) in [6.45, 7) is 5.13. The fourth-order valence-corrected chi connectivity index (χ4v) is 5.45. The van der Waals surface area contributed by atoms with Gasteiger partial charge in [0.15, 0.2) is 5.82 Å². The fourth-order valence-electron chi connectivity index (χ4n) is 4.65. The van der Waals surface area contributed by atoms with E-state index in [9.17, 15) is 4.79 Å². The highest BCUT2D eigenvalue weighted by Gasteiger charge is 2.33. The minimum atomic E-state index is 0.125. The number of carbonyl (C=O) groups is 1. The first-order valence-corrected chi connectivity index (χ1v) is 11.7. The highest BCUT2D eigenvalue weighted by atomic mass is 32.1. The van der Waals surface area contributed by atoms with Crippen molar-refractivity contribution in [2.45, 2.75) is 38.8 Å². The van der Waals surface area contributed by atoms with Gasteiger partial charge in [0.05, 0.1) is 34.2 Å². The lowest BCUT2D eigenvalue weighted by molar-refractivity contribution is -0.132. The van der Waals surface area contributed by atoms with Gasteiger partial charge < -0.3 is 14.2 Å². The normalized spacial score (nSPS) is 18.4. The van der Waals surface area contributed by atoms with Gasteiger partial charge in [-0.25, -0.2) is 9.97 Å². The minimum absolute atomic E-state index is 0.125. The first-order chi connectivity index (χ1) is 15.5. The molecule has 0 radical (unpaired) electrons. The lowest BCUT2D eigenvalue weighted by Gasteiger charge is -2.22. The van der Waals surface area contributed by atoms with E-state index in [1.807, 2.05) is 58.3 Å². The Balaban J connectivity index is 1.42. The van der Waals surface area contributed by atoms with Crippen molar-refractivity contribution >= 4 is 28.3 Å². The Morgan fingerprint density at radius 3 is 2.69 bits per heavy atom. The number of carbonyl (C=O) groups excluding carboxylic acids is 1. The number of thiazole rings is 1. The van der Waals surface area contributed by atoms with Crippen LogP contribution in [0.3, 0.4) is 0 Å². The van der Waals surface area contributed by atoms with Gasteiger partial charge in [-0.1, -0.05) is 24.3 Å². The molecular weight excluding hydrogens is 420 g/mol. The lowest BCUT2D eigenvalue weighted by atomic mass is 9.97. The molecule has 2 aromatic heterocycles. The van der Waals surface area contributed by atoms with Crippen molar-refractivity contribution in [3.8, 4) is 16.5 Å². The van der Waals surface area contributed by atoms with E-state index in [4.69, 9.17) is 9.72 Å². The molecule has 2 atom stereocenters. The zero-order valence-electron chi connectivity index (χ0n) is 18.5. The molecular formula is C25H26N4O2S. The summed E-state index contributed by atoms with van der Waals surface area (Å²) in [6.07, 6.45) is 0.962. The minimum Gasteiger partial charge on any atom is -0.497 e. The van der Waals surface area contributed by atoms with Gasteiger partial charge in [-0.05, 0) is 50.1 Å². The Hall–Kier alpha value is -3.19. The molecule has 4 aromatic rings. The van der Waals surface area contributed by atoms with E-state index in [0.29, 0.717) is 5.92 Å². The van der Waals surface area contributed by atoms with Crippen LogP contribution < -0.4 is 4.74 Å². The molecule has 6 nitrogen and oxygen atoms in total. The summed E-state index contributed by atoms with van der Waals surface area (Å²) in [6, 6.07) is 16.4. The molecule has 1 aliphatic heterocycles. The number of amides is 1. The number of likely N-dealkylation sites (tertiary alicyclic amines) is 1. The van der Waals surface area contributed by atoms with Gasteiger partial charge in [-0.3, -0.25) is 4.79 Å². The van der Waals surface area contributed by atoms with Crippen molar-refractivity contribution in [1.82, 2.24) is 19.4 Å². The second-order valence-corrected chi connectivity index (χ2v) is 9.23. The van der Waals surface area contributed by atoms with Gasteiger partial charge in [-0.15, -0.1) is 11.3 Å². The number of nitrogens with zero attached hydrogens (tertiary/aromatic N) is 4. The Labute approximate surface area is 191 Å². The summed E-state index contributed by atoms with van der Waals surface area (Å²) in [4.78, 5) is 25.8. The van der Waals surface area contributed by atoms with Crippen LogP contribution in [0.2, 0.25) is 0 Å². The second-order valence-electron chi connectivity index (χ2n) is 8.38. The SMILES string of the molecule is COc1ccc(C2CC(C)N(C(=O)Cn3c(-c4scnc4C)nc4ccccc43)C2)cc1. The molecule has 0 saturated carbocycles. The molecule has 1 amide bonds. The van der Waals surface area contributed by atoms with E-state index in [0.717, 1.165) is 46.1 Å². The number of benzene rings is 2. The van der Waals surface area contributed by atoms with Crippen molar-refractivity contribution in [2.75, 3.05) is 13.7 Å². The first kappa shape index (κ1) is 20.7. The monoisotopic (exact) mass is 446 g/mol. The summed E-state index contributed by atoms with van der Waals surface area (Å²) in [5.74, 6) is 2.13. The van der Waals surface area contributed by atoms with Crippen LogP contribution in [0, 0.1) is 6.92 Å². The van der Waals surface area contributed by atoms with Crippen LogP contribution in [-0.2, 0) is 11.3 Å². The second kappa shape index (κ2) is 8.39. The molecule has 0 bridgehead atoms.